The van der Waals surface area contributed by atoms with Crippen LogP contribution in [0.15, 0.2) is 36.7 Å². The topological polar surface area (TPSA) is 58.4 Å². The first-order chi connectivity index (χ1) is 11.1. The second-order valence-corrected chi connectivity index (χ2v) is 6.44. The normalized spacial score (nSPS) is 18.4. The second kappa shape index (κ2) is 6.96. The summed E-state index contributed by atoms with van der Waals surface area (Å²) in [6, 6.07) is 8.01. The van der Waals surface area contributed by atoms with Gasteiger partial charge in [-0.3, -0.25) is 9.69 Å². The van der Waals surface area contributed by atoms with Gasteiger partial charge in [0.25, 0.3) is 0 Å². The minimum Gasteiger partial charge on any atom is -0.481 e. The third-order valence-corrected chi connectivity index (χ3v) is 4.56. The summed E-state index contributed by atoms with van der Waals surface area (Å²) in [6.07, 6.45) is 6.20. The van der Waals surface area contributed by atoms with Crippen molar-refractivity contribution in [1.29, 1.82) is 0 Å². The van der Waals surface area contributed by atoms with Crippen LogP contribution in [0.3, 0.4) is 0 Å². The predicted molar refractivity (Wildman–Crippen MR) is 88.1 cm³/mol. The number of carboxylic acid groups (broad SMARTS) is 1. The Hall–Kier alpha value is -2.14. The summed E-state index contributed by atoms with van der Waals surface area (Å²) in [4.78, 5) is 17.6. The fourth-order valence-corrected chi connectivity index (χ4v) is 3.27. The fraction of sp³-hybridized carbons (Fsp3) is 0.444. The largest absolute Gasteiger partial charge is 0.481 e. The summed E-state index contributed by atoms with van der Waals surface area (Å²) >= 11 is 0. The van der Waals surface area contributed by atoms with Gasteiger partial charge in [-0.05, 0) is 36.4 Å². The van der Waals surface area contributed by atoms with Gasteiger partial charge in [-0.25, -0.2) is 4.98 Å². The summed E-state index contributed by atoms with van der Waals surface area (Å²) < 4.78 is 2.08. The van der Waals surface area contributed by atoms with E-state index in [-0.39, 0.29) is 6.42 Å². The molecule has 0 spiro atoms. The van der Waals surface area contributed by atoms with Gasteiger partial charge < -0.3 is 9.67 Å². The molecule has 3 rings (SSSR count). The molecule has 1 aliphatic heterocycles. The van der Waals surface area contributed by atoms with Crippen molar-refractivity contribution >= 4 is 5.97 Å². The van der Waals surface area contributed by atoms with E-state index in [0.717, 1.165) is 37.4 Å². The SMILES string of the molecule is Cn1ccnc1CN1CCC(Cc2ccc(CC(=O)O)cc2)C1. The molecule has 0 radical (unpaired) electrons. The molecule has 0 aliphatic carbocycles. The lowest BCUT2D eigenvalue weighted by Gasteiger charge is -2.16. The van der Waals surface area contributed by atoms with Crippen molar-refractivity contribution in [2.75, 3.05) is 13.1 Å². The molecule has 1 aliphatic rings. The molecule has 0 saturated carbocycles. The van der Waals surface area contributed by atoms with Crippen molar-refractivity contribution in [3.63, 3.8) is 0 Å². The van der Waals surface area contributed by atoms with Gasteiger partial charge >= 0.3 is 5.97 Å². The van der Waals surface area contributed by atoms with E-state index in [1.807, 2.05) is 31.6 Å². The number of carbonyl (C=O) groups is 1. The zero-order valence-corrected chi connectivity index (χ0v) is 13.5. The lowest BCUT2D eigenvalue weighted by atomic mass is 9.97. The number of rotatable bonds is 6. The van der Waals surface area contributed by atoms with Crippen molar-refractivity contribution in [1.82, 2.24) is 14.5 Å². The third kappa shape index (κ3) is 4.20. The Kier molecular flexibility index (Phi) is 4.76. The van der Waals surface area contributed by atoms with Crippen molar-refractivity contribution in [3.8, 4) is 0 Å². The van der Waals surface area contributed by atoms with E-state index in [4.69, 9.17) is 5.11 Å². The summed E-state index contributed by atoms with van der Waals surface area (Å²) in [5.74, 6) is 1.00. The Morgan fingerprint density at radius 1 is 1.30 bits per heavy atom. The average molecular weight is 313 g/mol. The zero-order valence-electron chi connectivity index (χ0n) is 13.5. The van der Waals surface area contributed by atoms with E-state index in [1.165, 1.54) is 12.0 Å². The van der Waals surface area contributed by atoms with Crippen LogP contribution < -0.4 is 0 Å². The number of hydrogen-bond acceptors (Lipinski definition) is 3. The molecular weight excluding hydrogens is 290 g/mol. The molecule has 1 unspecified atom stereocenters. The Morgan fingerprint density at radius 3 is 2.70 bits per heavy atom. The van der Waals surface area contributed by atoms with Gasteiger partial charge in [0.2, 0.25) is 0 Å². The van der Waals surface area contributed by atoms with Crippen LogP contribution in [0.1, 0.15) is 23.4 Å². The number of benzene rings is 1. The number of carboxylic acids is 1. The van der Waals surface area contributed by atoms with Gasteiger partial charge in [0.15, 0.2) is 0 Å². The third-order valence-electron chi connectivity index (χ3n) is 4.56. The second-order valence-electron chi connectivity index (χ2n) is 6.44. The van der Waals surface area contributed by atoms with E-state index in [2.05, 4.69) is 26.6 Å². The molecule has 2 aromatic rings. The van der Waals surface area contributed by atoms with Gasteiger partial charge in [0.05, 0.1) is 13.0 Å². The number of nitrogens with zero attached hydrogens (tertiary/aromatic N) is 3. The first-order valence-electron chi connectivity index (χ1n) is 8.08. The van der Waals surface area contributed by atoms with Crippen molar-refractivity contribution in [2.24, 2.45) is 13.0 Å². The van der Waals surface area contributed by atoms with Gasteiger partial charge in [-0.1, -0.05) is 24.3 Å². The Bertz CT molecular complexity index is 663. The van der Waals surface area contributed by atoms with Crippen LogP contribution in [-0.2, 0) is 31.2 Å². The minimum atomic E-state index is -0.779. The summed E-state index contributed by atoms with van der Waals surface area (Å²) in [5.41, 5.74) is 2.16. The van der Waals surface area contributed by atoms with Crippen LogP contribution >= 0.6 is 0 Å². The lowest BCUT2D eigenvalue weighted by molar-refractivity contribution is -0.136. The highest BCUT2D eigenvalue weighted by Gasteiger charge is 2.23. The standard InChI is InChI=1S/C18H23N3O2/c1-20-9-7-19-17(20)13-21-8-6-16(12-21)10-14-2-4-15(5-3-14)11-18(22)23/h2-5,7,9,16H,6,8,10-13H2,1H3,(H,22,23). The number of likely N-dealkylation sites (tertiary alicyclic amines) is 1. The number of aryl methyl sites for hydroxylation is 1. The number of aliphatic carboxylic acids is 1. The molecule has 122 valence electrons. The van der Waals surface area contributed by atoms with Gasteiger partial charge in [0, 0.05) is 26.0 Å². The highest BCUT2D eigenvalue weighted by molar-refractivity contribution is 5.70. The highest BCUT2D eigenvalue weighted by Crippen LogP contribution is 2.22. The molecule has 5 heteroatoms. The van der Waals surface area contributed by atoms with Gasteiger partial charge in [0.1, 0.15) is 5.82 Å². The Labute approximate surface area is 136 Å². The predicted octanol–water partition coefficient (Wildman–Crippen LogP) is 2.11. The fourth-order valence-electron chi connectivity index (χ4n) is 3.27. The van der Waals surface area contributed by atoms with E-state index in [1.54, 1.807) is 0 Å². The maximum atomic E-state index is 10.7. The minimum absolute atomic E-state index is 0.0984. The van der Waals surface area contributed by atoms with Crippen molar-refractivity contribution in [2.45, 2.75) is 25.8 Å². The van der Waals surface area contributed by atoms with Crippen molar-refractivity contribution < 1.29 is 9.90 Å². The van der Waals surface area contributed by atoms with Crippen molar-refractivity contribution in [3.05, 3.63) is 53.6 Å². The number of imidazole rings is 1. The summed E-state index contributed by atoms with van der Waals surface area (Å²) in [7, 11) is 2.04. The quantitative estimate of drug-likeness (QED) is 0.887. The molecule has 1 aromatic heterocycles. The van der Waals surface area contributed by atoms with E-state index in [0.29, 0.717) is 5.92 Å². The summed E-state index contributed by atoms with van der Waals surface area (Å²) in [5, 5.41) is 8.81. The first-order valence-corrected chi connectivity index (χ1v) is 8.08. The summed E-state index contributed by atoms with van der Waals surface area (Å²) in [6.45, 7) is 3.13. The molecule has 1 atom stereocenters. The molecule has 0 amide bonds. The molecule has 5 nitrogen and oxygen atoms in total. The number of aromatic nitrogens is 2. The molecule has 1 saturated heterocycles. The zero-order chi connectivity index (χ0) is 16.2. The van der Waals surface area contributed by atoms with Crippen LogP contribution in [0.2, 0.25) is 0 Å². The van der Waals surface area contributed by atoms with Crippen LogP contribution in [-0.4, -0.2) is 38.6 Å². The average Bonchev–Trinajstić information content (AvgIpc) is 3.11. The van der Waals surface area contributed by atoms with Crippen LogP contribution in [0.5, 0.6) is 0 Å². The van der Waals surface area contributed by atoms with Crippen LogP contribution in [0, 0.1) is 5.92 Å². The smallest absolute Gasteiger partial charge is 0.307 e. The molecule has 23 heavy (non-hydrogen) atoms. The Balaban J connectivity index is 1.51. The molecule has 1 fully saturated rings. The van der Waals surface area contributed by atoms with E-state index < -0.39 is 5.97 Å². The maximum Gasteiger partial charge on any atom is 0.307 e. The first kappa shape index (κ1) is 15.7. The van der Waals surface area contributed by atoms with E-state index >= 15 is 0 Å². The van der Waals surface area contributed by atoms with Gasteiger partial charge in [-0.2, -0.15) is 0 Å². The molecule has 1 N–H and O–H groups in total. The molecule has 2 heterocycles. The van der Waals surface area contributed by atoms with Crippen LogP contribution in [0.4, 0.5) is 0 Å². The monoisotopic (exact) mass is 313 g/mol. The lowest BCUT2D eigenvalue weighted by Crippen LogP contribution is -2.22. The maximum absolute atomic E-state index is 10.7. The molecule has 1 aromatic carbocycles. The van der Waals surface area contributed by atoms with Crippen LogP contribution in [0.25, 0.3) is 0 Å². The Morgan fingerprint density at radius 2 is 2.04 bits per heavy atom. The van der Waals surface area contributed by atoms with E-state index in [9.17, 15) is 4.79 Å². The number of hydrogen-bond donors (Lipinski definition) is 1. The molecular formula is C18H23N3O2. The molecule has 0 bridgehead atoms. The van der Waals surface area contributed by atoms with Gasteiger partial charge in [-0.15, -0.1) is 0 Å². The highest BCUT2D eigenvalue weighted by atomic mass is 16.4.